The Morgan fingerprint density at radius 1 is 1.05 bits per heavy atom. The van der Waals surface area contributed by atoms with E-state index in [9.17, 15) is 9.90 Å². The third-order valence-corrected chi connectivity index (χ3v) is 3.35. The summed E-state index contributed by atoms with van der Waals surface area (Å²) in [5.41, 5.74) is 0. The number of aliphatic hydroxyl groups is 1. The first-order valence-electron chi connectivity index (χ1n) is 8.44. The Morgan fingerprint density at radius 3 is 2.45 bits per heavy atom. The Hall–Kier alpha value is -1.35. The number of hydrogen-bond donors (Lipinski definition) is 1. The molecule has 3 nitrogen and oxygen atoms in total. The molecule has 0 aromatic carbocycles. The number of ether oxygens (including phenoxy) is 1. The fourth-order valence-corrected chi connectivity index (χ4v) is 1.97. The Labute approximate surface area is 135 Å². The molecule has 0 aromatic heterocycles. The lowest BCUT2D eigenvalue weighted by Gasteiger charge is -2.03. The van der Waals surface area contributed by atoms with Crippen molar-refractivity contribution in [3.8, 4) is 0 Å². The first kappa shape index (κ1) is 20.6. The van der Waals surface area contributed by atoms with Gasteiger partial charge in [0.2, 0.25) is 0 Å². The zero-order valence-electron chi connectivity index (χ0n) is 14.2. The van der Waals surface area contributed by atoms with Crippen molar-refractivity contribution in [3.05, 3.63) is 36.5 Å². The van der Waals surface area contributed by atoms with Gasteiger partial charge in [-0.2, -0.15) is 0 Å². The van der Waals surface area contributed by atoms with Crippen LogP contribution in [0, 0.1) is 0 Å². The molecule has 0 unspecified atom stereocenters. The van der Waals surface area contributed by atoms with Crippen molar-refractivity contribution in [2.24, 2.45) is 0 Å². The molecule has 0 spiro atoms. The molecule has 0 aliphatic rings. The monoisotopic (exact) mass is 308 g/mol. The maximum absolute atomic E-state index is 10.9. The van der Waals surface area contributed by atoms with E-state index >= 15 is 0 Å². The van der Waals surface area contributed by atoms with E-state index < -0.39 is 0 Å². The van der Waals surface area contributed by atoms with E-state index in [-0.39, 0.29) is 12.1 Å². The van der Waals surface area contributed by atoms with Gasteiger partial charge in [-0.3, -0.25) is 4.79 Å². The topological polar surface area (TPSA) is 46.5 Å². The van der Waals surface area contributed by atoms with Gasteiger partial charge >= 0.3 is 5.97 Å². The standard InChI is InChI=1S/C19H32O3/c1-3-4-12-15-18(20)16-13-10-8-6-5-7-9-11-14-17-19(21)22-2/h8,10-11,13-14,16,18,20H,3-7,9,12,15,17H2,1-2H3/b10-8-,14-11+,16-13+/t18-/m1/s1. The molecule has 0 aliphatic heterocycles. The van der Waals surface area contributed by atoms with E-state index in [0.717, 1.165) is 38.5 Å². The van der Waals surface area contributed by atoms with Gasteiger partial charge in [-0.15, -0.1) is 0 Å². The third kappa shape index (κ3) is 15.0. The molecule has 0 fully saturated rings. The van der Waals surface area contributed by atoms with Gasteiger partial charge < -0.3 is 9.84 Å². The predicted octanol–water partition coefficient (Wildman–Crippen LogP) is 4.72. The Kier molecular flexibility index (Phi) is 15.0. The summed E-state index contributed by atoms with van der Waals surface area (Å²) in [6.07, 6.45) is 20.5. The van der Waals surface area contributed by atoms with Crippen LogP contribution >= 0.6 is 0 Å². The summed E-state index contributed by atoms with van der Waals surface area (Å²) in [4.78, 5) is 10.9. The fourth-order valence-electron chi connectivity index (χ4n) is 1.97. The summed E-state index contributed by atoms with van der Waals surface area (Å²) >= 11 is 0. The minimum absolute atomic E-state index is 0.192. The van der Waals surface area contributed by atoms with Gasteiger partial charge in [0.1, 0.15) is 0 Å². The highest BCUT2D eigenvalue weighted by Crippen LogP contribution is 2.05. The lowest BCUT2D eigenvalue weighted by molar-refractivity contribution is -0.139. The van der Waals surface area contributed by atoms with Crippen molar-refractivity contribution in [2.75, 3.05) is 7.11 Å². The highest BCUT2D eigenvalue weighted by molar-refractivity contribution is 5.70. The summed E-state index contributed by atoms with van der Waals surface area (Å²) in [6, 6.07) is 0. The highest BCUT2D eigenvalue weighted by Gasteiger charge is 1.96. The second-order valence-electron chi connectivity index (χ2n) is 5.41. The van der Waals surface area contributed by atoms with Crippen molar-refractivity contribution >= 4 is 5.97 Å². The van der Waals surface area contributed by atoms with Gasteiger partial charge in [0.25, 0.3) is 0 Å². The zero-order valence-corrected chi connectivity index (χ0v) is 14.2. The highest BCUT2D eigenvalue weighted by atomic mass is 16.5. The van der Waals surface area contributed by atoms with Crippen molar-refractivity contribution in [2.45, 2.75) is 70.8 Å². The predicted molar refractivity (Wildman–Crippen MR) is 92.7 cm³/mol. The van der Waals surface area contributed by atoms with Gasteiger partial charge in [-0.1, -0.05) is 62.6 Å². The van der Waals surface area contributed by atoms with Gasteiger partial charge in [0.05, 0.1) is 19.6 Å². The van der Waals surface area contributed by atoms with E-state index in [2.05, 4.69) is 17.7 Å². The van der Waals surface area contributed by atoms with Crippen LogP contribution in [0.4, 0.5) is 0 Å². The number of carbonyl (C=O) groups excluding carboxylic acids is 1. The molecule has 0 aromatic rings. The quantitative estimate of drug-likeness (QED) is 0.232. The van der Waals surface area contributed by atoms with Gasteiger partial charge in [-0.05, 0) is 32.1 Å². The minimum Gasteiger partial charge on any atom is -0.469 e. The lowest BCUT2D eigenvalue weighted by Crippen LogP contribution is -2.00. The van der Waals surface area contributed by atoms with E-state index in [0.29, 0.717) is 6.42 Å². The summed E-state index contributed by atoms with van der Waals surface area (Å²) < 4.78 is 4.55. The van der Waals surface area contributed by atoms with E-state index in [1.807, 2.05) is 30.4 Å². The number of aliphatic hydroxyl groups excluding tert-OH is 1. The summed E-state index contributed by atoms with van der Waals surface area (Å²) in [5.74, 6) is -0.192. The van der Waals surface area contributed by atoms with E-state index in [4.69, 9.17) is 0 Å². The average Bonchev–Trinajstić information content (AvgIpc) is 2.52. The molecule has 0 heterocycles. The molecule has 0 saturated carbocycles. The van der Waals surface area contributed by atoms with Crippen molar-refractivity contribution in [1.82, 2.24) is 0 Å². The zero-order chi connectivity index (χ0) is 16.5. The Balaban J connectivity index is 3.48. The molecule has 1 atom stereocenters. The number of allylic oxidation sites excluding steroid dienone is 4. The smallest absolute Gasteiger partial charge is 0.309 e. The first-order chi connectivity index (χ1) is 10.7. The van der Waals surface area contributed by atoms with E-state index in [1.54, 1.807) is 0 Å². The van der Waals surface area contributed by atoms with Crippen LogP contribution in [0.3, 0.4) is 0 Å². The summed E-state index contributed by atoms with van der Waals surface area (Å²) in [5, 5.41) is 9.69. The molecule has 0 aliphatic carbocycles. The van der Waals surface area contributed by atoms with Gasteiger partial charge in [0, 0.05) is 0 Å². The lowest BCUT2D eigenvalue weighted by atomic mass is 10.1. The third-order valence-electron chi connectivity index (χ3n) is 3.35. The molecular formula is C19H32O3. The van der Waals surface area contributed by atoms with Crippen LogP contribution in [0.15, 0.2) is 36.5 Å². The van der Waals surface area contributed by atoms with Crippen LogP contribution in [-0.2, 0) is 9.53 Å². The van der Waals surface area contributed by atoms with Gasteiger partial charge in [0.15, 0.2) is 0 Å². The normalized spacial score (nSPS) is 13.4. The summed E-state index contributed by atoms with van der Waals surface area (Å²) in [7, 11) is 1.40. The van der Waals surface area contributed by atoms with Crippen molar-refractivity contribution in [3.63, 3.8) is 0 Å². The van der Waals surface area contributed by atoms with Crippen LogP contribution < -0.4 is 0 Å². The molecule has 0 rings (SSSR count). The largest absolute Gasteiger partial charge is 0.469 e. The number of methoxy groups -OCH3 is 1. The van der Waals surface area contributed by atoms with Crippen LogP contribution in [0.25, 0.3) is 0 Å². The minimum atomic E-state index is -0.309. The van der Waals surface area contributed by atoms with Crippen LogP contribution in [0.1, 0.15) is 64.7 Å². The average molecular weight is 308 g/mol. The van der Waals surface area contributed by atoms with Crippen molar-refractivity contribution in [1.29, 1.82) is 0 Å². The van der Waals surface area contributed by atoms with Gasteiger partial charge in [-0.25, -0.2) is 0 Å². The number of unbranched alkanes of at least 4 members (excludes halogenated alkanes) is 5. The van der Waals surface area contributed by atoms with Crippen LogP contribution in [0.5, 0.6) is 0 Å². The van der Waals surface area contributed by atoms with Crippen LogP contribution in [-0.4, -0.2) is 24.3 Å². The number of rotatable bonds is 13. The maximum atomic E-state index is 10.9. The fraction of sp³-hybridized carbons (Fsp3) is 0.632. The molecule has 0 saturated heterocycles. The molecule has 126 valence electrons. The number of carbonyl (C=O) groups is 1. The van der Waals surface area contributed by atoms with Crippen LogP contribution in [0.2, 0.25) is 0 Å². The van der Waals surface area contributed by atoms with E-state index in [1.165, 1.54) is 20.0 Å². The second kappa shape index (κ2) is 16.0. The SMILES string of the molecule is CCCCC[C@@H](O)/C=C/C=C\CCCC/C=C/CC(=O)OC. The number of hydrogen-bond acceptors (Lipinski definition) is 3. The molecule has 0 bridgehead atoms. The molecule has 0 amide bonds. The molecule has 3 heteroatoms. The first-order valence-corrected chi connectivity index (χ1v) is 8.44. The molecule has 22 heavy (non-hydrogen) atoms. The number of esters is 1. The molecule has 0 radical (unpaired) electrons. The van der Waals surface area contributed by atoms with Crippen molar-refractivity contribution < 1.29 is 14.6 Å². The second-order valence-corrected chi connectivity index (χ2v) is 5.41. The molecular weight excluding hydrogens is 276 g/mol. The Bertz CT molecular complexity index is 343. The Morgan fingerprint density at radius 2 is 1.77 bits per heavy atom. The summed E-state index contributed by atoms with van der Waals surface area (Å²) in [6.45, 7) is 2.17. The molecule has 1 N–H and O–H groups in total. The maximum Gasteiger partial charge on any atom is 0.309 e.